The maximum Gasteiger partial charge on any atom is 0.252 e. The Labute approximate surface area is 146 Å². The molecule has 1 N–H and O–H groups in total. The third-order valence-corrected chi connectivity index (χ3v) is 4.59. The Balaban J connectivity index is 2.16. The molecule has 0 radical (unpaired) electrons. The van der Waals surface area contributed by atoms with Gasteiger partial charge in [-0.3, -0.25) is 9.69 Å². The Morgan fingerprint density at radius 2 is 1.73 bits per heavy atom. The number of hydrogen-bond acceptors (Lipinski definition) is 2. The highest BCUT2D eigenvalue weighted by Gasteiger charge is 2.38. The van der Waals surface area contributed by atoms with E-state index >= 15 is 0 Å². The largest absolute Gasteiger partial charge is 0.332 e. The normalized spacial score (nSPS) is 18.5. The number of benzene rings is 1. The fourth-order valence-electron chi connectivity index (χ4n) is 2.76. The maximum atomic E-state index is 12.5. The van der Waals surface area contributed by atoms with E-state index in [1.807, 2.05) is 25.1 Å². The van der Waals surface area contributed by atoms with Crippen molar-refractivity contribution >= 4 is 40.7 Å². The van der Waals surface area contributed by atoms with Crippen LogP contribution in [0.3, 0.4) is 0 Å². The van der Waals surface area contributed by atoms with E-state index in [1.165, 1.54) is 12.8 Å². The predicted octanol–water partition coefficient (Wildman–Crippen LogP) is 4.30. The first kappa shape index (κ1) is 17.9. The van der Waals surface area contributed by atoms with Gasteiger partial charge in [-0.2, -0.15) is 0 Å². The van der Waals surface area contributed by atoms with Crippen LogP contribution in [0, 0.1) is 6.92 Å². The molecule has 1 amide bonds. The molecule has 1 heterocycles. The lowest BCUT2D eigenvalue weighted by molar-refractivity contribution is 0.0853. The third kappa shape index (κ3) is 4.76. The predicted molar refractivity (Wildman–Crippen MR) is 92.8 cm³/mol. The molecule has 6 heteroatoms. The highest BCUT2D eigenvalue weighted by Crippen LogP contribution is 2.33. The Morgan fingerprint density at radius 3 is 2.27 bits per heavy atom. The minimum atomic E-state index is -1.57. The average molecular weight is 364 g/mol. The summed E-state index contributed by atoms with van der Waals surface area (Å²) in [6.07, 6.45) is 3.83. The summed E-state index contributed by atoms with van der Waals surface area (Å²) in [7, 11) is 0. The molecule has 1 aromatic carbocycles. The van der Waals surface area contributed by atoms with Crippen molar-refractivity contribution in [1.82, 2.24) is 10.2 Å². The molecule has 1 aliphatic rings. The van der Waals surface area contributed by atoms with Crippen molar-refractivity contribution in [3.05, 3.63) is 35.4 Å². The van der Waals surface area contributed by atoms with Crippen molar-refractivity contribution < 1.29 is 4.79 Å². The molecule has 122 valence electrons. The van der Waals surface area contributed by atoms with Gasteiger partial charge in [-0.05, 0) is 31.4 Å². The molecule has 1 aliphatic heterocycles. The van der Waals surface area contributed by atoms with Crippen LogP contribution < -0.4 is 5.32 Å². The SMILES string of the molecule is Cc1ccccc1C(=O)N[C@@H](N1CCCCCC1)C(Cl)(Cl)Cl. The van der Waals surface area contributed by atoms with E-state index < -0.39 is 9.96 Å². The van der Waals surface area contributed by atoms with Crippen LogP contribution in [0.25, 0.3) is 0 Å². The van der Waals surface area contributed by atoms with Gasteiger partial charge >= 0.3 is 0 Å². The first-order chi connectivity index (χ1) is 10.4. The van der Waals surface area contributed by atoms with Gasteiger partial charge in [-0.15, -0.1) is 0 Å². The van der Waals surface area contributed by atoms with Crippen LogP contribution in [-0.4, -0.2) is 33.9 Å². The van der Waals surface area contributed by atoms with E-state index in [4.69, 9.17) is 34.8 Å². The van der Waals surface area contributed by atoms with Crippen molar-refractivity contribution in [2.75, 3.05) is 13.1 Å². The number of nitrogens with zero attached hydrogens (tertiary/aromatic N) is 1. The fourth-order valence-corrected chi connectivity index (χ4v) is 3.34. The lowest BCUT2D eigenvalue weighted by Crippen LogP contribution is -2.55. The number of aryl methyl sites for hydroxylation is 1. The van der Waals surface area contributed by atoms with E-state index in [2.05, 4.69) is 10.2 Å². The van der Waals surface area contributed by atoms with E-state index in [0.717, 1.165) is 31.5 Å². The number of halogens is 3. The topological polar surface area (TPSA) is 32.3 Å². The van der Waals surface area contributed by atoms with E-state index in [-0.39, 0.29) is 5.91 Å². The van der Waals surface area contributed by atoms with Crippen LogP contribution in [-0.2, 0) is 0 Å². The van der Waals surface area contributed by atoms with Gasteiger partial charge in [-0.25, -0.2) is 0 Å². The molecule has 1 atom stereocenters. The summed E-state index contributed by atoms with van der Waals surface area (Å²) in [4.78, 5) is 14.6. The van der Waals surface area contributed by atoms with Crippen LogP contribution in [0.4, 0.5) is 0 Å². The van der Waals surface area contributed by atoms with Gasteiger partial charge in [0.2, 0.25) is 3.79 Å². The van der Waals surface area contributed by atoms with E-state index in [1.54, 1.807) is 6.07 Å². The van der Waals surface area contributed by atoms with Gasteiger partial charge in [0, 0.05) is 18.7 Å². The second-order valence-corrected chi connectivity index (χ2v) is 8.05. The summed E-state index contributed by atoms with van der Waals surface area (Å²) < 4.78 is -1.57. The monoisotopic (exact) mass is 362 g/mol. The molecule has 3 nitrogen and oxygen atoms in total. The maximum absolute atomic E-state index is 12.5. The fraction of sp³-hybridized carbons (Fsp3) is 0.562. The highest BCUT2D eigenvalue weighted by molar-refractivity contribution is 6.68. The Hall–Kier alpha value is -0.480. The van der Waals surface area contributed by atoms with Crippen molar-refractivity contribution in [3.63, 3.8) is 0 Å². The molecule has 1 aromatic rings. The summed E-state index contributed by atoms with van der Waals surface area (Å²) in [5, 5.41) is 2.90. The summed E-state index contributed by atoms with van der Waals surface area (Å²) >= 11 is 18.4. The van der Waals surface area contributed by atoms with Crippen LogP contribution in [0.15, 0.2) is 24.3 Å². The second kappa shape index (κ2) is 7.87. The zero-order valence-corrected chi connectivity index (χ0v) is 14.9. The first-order valence-electron chi connectivity index (χ1n) is 7.57. The first-order valence-corrected chi connectivity index (χ1v) is 8.70. The van der Waals surface area contributed by atoms with Crippen LogP contribution in [0.1, 0.15) is 41.6 Å². The lowest BCUT2D eigenvalue weighted by atomic mass is 10.1. The number of alkyl halides is 3. The Bertz CT molecular complexity index is 508. The molecule has 0 spiro atoms. The van der Waals surface area contributed by atoms with Gasteiger partial charge in [0.1, 0.15) is 6.17 Å². The van der Waals surface area contributed by atoms with Gasteiger partial charge in [-0.1, -0.05) is 65.8 Å². The average Bonchev–Trinajstić information content (AvgIpc) is 2.72. The van der Waals surface area contributed by atoms with Crippen LogP contribution in [0.2, 0.25) is 0 Å². The molecule has 0 saturated carbocycles. The molecular weight excluding hydrogens is 343 g/mol. The molecule has 0 unspecified atom stereocenters. The van der Waals surface area contributed by atoms with Crippen molar-refractivity contribution in [2.45, 2.75) is 42.6 Å². The smallest absolute Gasteiger partial charge is 0.252 e. The van der Waals surface area contributed by atoms with Crippen LogP contribution in [0.5, 0.6) is 0 Å². The number of rotatable bonds is 3. The zero-order chi connectivity index (χ0) is 16.2. The lowest BCUT2D eigenvalue weighted by Gasteiger charge is -2.35. The summed E-state index contributed by atoms with van der Waals surface area (Å²) in [5.74, 6) is -0.210. The van der Waals surface area contributed by atoms with Crippen molar-refractivity contribution in [3.8, 4) is 0 Å². The van der Waals surface area contributed by atoms with Gasteiger partial charge in [0.25, 0.3) is 5.91 Å². The summed E-state index contributed by atoms with van der Waals surface area (Å²) in [6.45, 7) is 3.55. The number of likely N-dealkylation sites (tertiary alicyclic amines) is 1. The number of nitrogens with one attached hydrogen (secondary N) is 1. The minimum absolute atomic E-state index is 0.210. The molecule has 0 aromatic heterocycles. The van der Waals surface area contributed by atoms with Crippen LogP contribution >= 0.6 is 34.8 Å². The number of hydrogen-bond donors (Lipinski definition) is 1. The minimum Gasteiger partial charge on any atom is -0.332 e. The summed E-state index contributed by atoms with van der Waals surface area (Å²) in [5.41, 5.74) is 1.51. The summed E-state index contributed by atoms with van der Waals surface area (Å²) in [6, 6.07) is 7.40. The van der Waals surface area contributed by atoms with Gasteiger partial charge < -0.3 is 5.32 Å². The third-order valence-electron chi connectivity index (χ3n) is 3.97. The van der Waals surface area contributed by atoms with Crippen molar-refractivity contribution in [2.24, 2.45) is 0 Å². The molecule has 1 fully saturated rings. The number of amides is 1. The number of carbonyl (C=O) groups excluding carboxylic acids is 1. The Kier molecular flexibility index (Phi) is 6.39. The molecular formula is C16H21Cl3N2O. The van der Waals surface area contributed by atoms with Gasteiger partial charge in [0.15, 0.2) is 0 Å². The molecule has 1 saturated heterocycles. The molecule has 0 aliphatic carbocycles. The molecule has 22 heavy (non-hydrogen) atoms. The quantitative estimate of drug-likeness (QED) is 0.812. The molecule has 0 bridgehead atoms. The standard InChI is InChI=1S/C16H21Cl3N2O/c1-12-8-4-5-9-13(12)14(22)20-15(16(17,18)19)21-10-6-2-3-7-11-21/h4-5,8-9,15H,2-3,6-7,10-11H2,1H3,(H,20,22)/t15-/m0/s1. The van der Waals surface area contributed by atoms with Crippen molar-refractivity contribution in [1.29, 1.82) is 0 Å². The van der Waals surface area contributed by atoms with E-state index in [9.17, 15) is 4.79 Å². The zero-order valence-electron chi connectivity index (χ0n) is 12.6. The Morgan fingerprint density at radius 1 is 1.14 bits per heavy atom. The van der Waals surface area contributed by atoms with E-state index in [0.29, 0.717) is 5.56 Å². The van der Waals surface area contributed by atoms with Gasteiger partial charge in [0.05, 0.1) is 0 Å². The number of carbonyl (C=O) groups is 1. The second-order valence-electron chi connectivity index (χ2n) is 5.68. The highest BCUT2D eigenvalue weighted by atomic mass is 35.6. The molecule has 2 rings (SSSR count).